The van der Waals surface area contributed by atoms with Gasteiger partial charge in [-0.2, -0.15) is 0 Å². The van der Waals surface area contributed by atoms with Gasteiger partial charge >= 0.3 is 0 Å². The predicted molar refractivity (Wildman–Crippen MR) is 79.0 cm³/mol. The zero-order valence-electron chi connectivity index (χ0n) is 10.8. The summed E-state index contributed by atoms with van der Waals surface area (Å²) in [6, 6.07) is 0.299. The van der Waals surface area contributed by atoms with Crippen molar-refractivity contribution in [1.29, 1.82) is 0 Å². The van der Waals surface area contributed by atoms with Gasteiger partial charge in [0, 0.05) is 6.04 Å². The number of ether oxygens (including phenoxy) is 1. The standard InChI is InChI=1S/C14H19Cl2NO2/c1-2-12(15)13(16)8-9-19-10-14(18)17-11-6-4-3-5-7-11/h2,8-9,11H,1,3-7,10H2,(H,17,18)/b9-8+,13-12-. The zero-order chi connectivity index (χ0) is 14.1. The summed E-state index contributed by atoms with van der Waals surface area (Å²) < 4.78 is 5.10. The van der Waals surface area contributed by atoms with E-state index >= 15 is 0 Å². The van der Waals surface area contributed by atoms with E-state index in [1.807, 2.05) is 0 Å². The fourth-order valence-electron chi connectivity index (χ4n) is 1.93. The molecule has 1 saturated carbocycles. The van der Waals surface area contributed by atoms with Crippen LogP contribution in [0.5, 0.6) is 0 Å². The number of rotatable bonds is 6. The van der Waals surface area contributed by atoms with Crippen molar-refractivity contribution in [3.8, 4) is 0 Å². The van der Waals surface area contributed by atoms with E-state index in [2.05, 4.69) is 11.9 Å². The van der Waals surface area contributed by atoms with Crippen molar-refractivity contribution >= 4 is 29.1 Å². The van der Waals surface area contributed by atoms with Gasteiger partial charge in [-0.25, -0.2) is 0 Å². The summed E-state index contributed by atoms with van der Waals surface area (Å²) in [7, 11) is 0. The summed E-state index contributed by atoms with van der Waals surface area (Å²) in [5, 5.41) is 3.62. The van der Waals surface area contributed by atoms with E-state index < -0.39 is 0 Å². The molecule has 0 heterocycles. The lowest BCUT2D eigenvalue weighted by atomic mass is 9.95. The van der Waals surface area contributed by atoms with Gasteiger partial charge in [0.2, 0.25) is 0 Å². The Kier molecular flexibility index (Phi) is 7.68. The molecule has 3 nitrogen and oxygen atoms in total. The number of hydrogen-bond donors (Lipinski definition) is 1. The second-order valence-electron chi connectivity index (χ2n) is 4.42. The average molecular weight is 304 g/mol. The van der Waals surface area contributed by atoms with E-state index in [1.165, 1.54) is 37.7 Å². The minimum absolute atomic E-state index is 0.0110. The molecule has 1 N–H and O–H groups in total. The first kappa shape index (κ1) is 16.1. The van der Waals surface area contributed by atoms with Gasteiger partial charge in [-0.05, 0) is 25.0 Å². The molecule has 0 aliphatic heterocycles. The number of amides is 1. The van der Waals surface area contributed by atoms with Crippen molar-refractivity contribution in [2.24, 2.45) is 0 Å². The molecule has 1 fully saturated rings. The largest absolute Gasteiger partial charge is 0.491 e. The lowest BCUT2D eigenvalue weighted by molar-refractivity contribution is -0.124. The third kappa shape index (κ3) is 6.69. The van der Waals surface area contributed by atoms with Crippen LogP contribution in [0.15, 0.2) is 35.1 Å². The molecule has 0 spiro atoms. The Morgan fingerprint density at radius 3 is 2.58 bits per heavy atom. The van der Waals surface area contributed by atoms with Gasteiger partial charge in [0.15, 0.2) is 6.61 Å². The number of carbonyl (C=O) groups excluding carboxylic acids is 1. The van der Waals surface area contributed by atoms with E-state index in [9.17, 15) is 4.79 Å². The molecular formula is C14H19Cl2NO2. The highest BCUT2D eigenvalue weighted by Crippen LogP contribution is 2.17. The molecule has 0 aromatic rings. The zero-order valence-corrected chi connectivity index (χ0v) is 12.3. The Bertz CT molecular complexity index is 372. The van der Waals surface area contributed by atoms with Crippen LogP contribution in [0.25, 0.3) is 0 Å². The first-order valence-electron chi connectivity index (χ1n) is 6.38. The lowest BCUT2D eigenvalue weighted by Crippen LogP contribution is -2.38. The number of carbonyl (C=O) groups is 1. The van der Waals surface area contributed by atoms with E-state index in [0.29, 0.717) is 16.1 Å². The highest BCUT2D eigenvalue weighted by atomic mass is 35.5. The van der Waals surface area contributed by atoms with E-state index in [4.69, 9.17) is 27.9 Å². The topological polar surface area (TPSA) is 38.3 Å². The maximum absolute atomic E-state index is 11.6. The number of halogens is 2. The normalized spacial score (nSPS) is 18.0. The van der Waals surface area contributed by atoms with Crippen molar-refractivity contribution < 1.29 is 9.53 Å². The third-order valence-corrected chi connectivity index (χ3v) is 3.69. The van der Waals surface area contributed by atoms with Crippen LogP contribution in [-0.4, -0.2) is 18.6 Å². The lowest BCUT2D eigenvalue weighted by Gasteiger charge is -2.22. The Morgan fingerprint density at radius 2 is 1.95 bits per heavy atom. The van der Waals surface area contributed by atoms with Gasteiger partial charge < -0.3 is 10.1 Å². The van der Waals surface area contributed by atoms with Gasteiger partial charge in [-0.15, -0.1) is 0 Å². The smallest absolute Gasteiger partial charge is 0.258 e. The minimum atomic E-state index is -0.105. The fourth-order valence-corrected chi connectivity index (χ4v) is 2.12. The average Bonchev–Trinajstić information content (AvgIpc) is 2.43. The van der Waals surface area contributed by atoms with Crippen molar-refractivity contribution in [3.05, 3.63) is 35.1 Å². The summed E-state index contributed by atoms with van der Waals surface area (Å²) in [5.74, 6) is -0.105. The molecule has 0 radical (unpaired) electrons. The molecule has 1 rings (SSSR count). The highest BCUT2D eigenvalue weighted by molar-refractivity contribution is 6.41. The molecular weight excluding hydrogens is 285 g/mol. The van der Waals surface area contributed by atoms with Crippen LogP contribution in [0.3, 0.4) is 0 Å². The van der Waals surface area contributed by atoms with Gasteiger partial charge in [0.05, 0.1) is 16.3 Å². The van der Waals surface area contributed by atoms with Gasteiger partial charge in [-0.1, -0.05) is 49.0 Å². The van der Waals surface area contributed by atoms with Crippen LogP contribution in [-0.2, 0) is 9.53 Å². The molecule has 0 bridgehead atoms. The van der Waals surface area contributed by atoms with Gasteiger partial charge in [-0.3, -0.25) is 4.79 Å². The van der Waals surface area contributed by atoms with Crippen LogP contribution in [0.1, 0.15) is 32.1 Å². The van der Waals surface area contributed by atoms with E-state index in [1.54, 1.807) is 0 Å². The molecule has 1 amide bonds. The molecule has 0 unspecified atom stereocenters. The maximum atomic E-state index is 11.6. The highest BCUT2D eigenvalue weighted by Gasteiger charge is 2.15. The first-order valence-corrected chi connectivity index (χ1v) is 7.14. The number of allylic oxidation sites excluding steroid dienone is 4. The molecule has 1 aliphatic carbocycles. The summed E-state index contributed by atoms with van der Waals surface area (Å²) in [6.45, 7) is 3.48. The monoisotopic (exact) mass is 303 g/mol. The molecule has 0 aromatic carbocycles. The molecule has 0 aromatic heterocycles. The quantitative estimate of drug-likeness (QED) is 0.598. The summed E-state index contributed by atoms with van der Waals surface area (Å²) >= 11 is 11.5. The predicted octanol–water partition coefficient (Wildman–Crippen LogP) is 3.84. The molecule has 1 aliphatic rings. The molecule has 106 valence electrons. The van der Waals surface area contributed by atoms with Crippen LogP contribution < -0.4 is 5.32 Å². The first-order chi connectivity index (χ1) is 9.13. The van der Waals surface area contributed by atoms with E-state index in [0.717, 1.165) is 12.8 Å². The maximum Gasteiger partial charge on any atom is 0.258 e. The minimum Gasteiger partial charge on any atom is -0.491 e. The van der Waals surface area contributed by atoms with Crippen molar-refractivity contribution in [3.63, 3.8) is 0 Å². The molecule has 0 saturated heterocycles. The second kappa shape index (κ2) is 9.05. The van der Waals surface area contributed by atoms with Crippen molar-refractivity contribution in [1.82, 2.24) is 5.32 Å². The summed E-state index contributed by atoms with van der Waals surface area (Å²) in [5.41, 5.74) is 0. The van der Waals surface area contributed by atoms with Crippen LogP contribution in [0.4, 0.5) is 0 Å². The van der Waals surface area contributed by atoms with Crippen LogP contribution in [0, 0.1) is 0 Å². The van der Waals surface area contributed by atoms with Crippen molar-refractivity contribution in [2.45, 2.75) is 38.1 Å². The van der Waals surface area contributed by atoms with Crippen LogP contribution in [0.2, 0.25) is 0 Å². The number of nitrogens with one attached hydrogen (secondary N) is 1. The SMILES string of the molecule is C=C/C(Cl)=C(Cl)\C=C\OCC(=O)NC1CCCCC1. The van der Waals surface area contributed by atoms with Crippen molar-refractivity contribution in [2.75, 3.05) is 6.61 Å². The van der Waals surface area contributed by atoms with E-state index in [-0.39, 0.29) is 12.5 Å². The Balaban J connectivity index is 2.23. The molecule has 0 atom stereocenters. The molecule has 5 heteroatoms. The summed E-state index contributed by atoms with van der Waals surface area (Å²) in [6.07, 6.45) is 10.0. The fraction of sp³-hybridized carbons (Fsp3) is 0.500. The Morgan fingerprint density at radius 1 is 1.26 bits per heavy atom. The Hall–Kier alpha value is -0.930. The van der Waals surface area contributed by atoms with Gasteiger partial charge in [0.25, 0.3) is 5.91 Å². The Labute approximate surface area is 124 Å². The number of hydrogen-bond acceptors (Lipinski definition) is 2. The van der Waals surface area contributed by atoms with Crippen LogP contribution >= 0.6 is 23.2 Å². The van der Waals surface area contributed by atoms with Gasteiger partial charge in [0.1, 0.15) is 0 Å². The summed E-state index contributed by atoms with van der Waals surface area (Å²) in [4.78, 5) is 11.6. The second-order valence-corrected chi connectivity index (χ2v) is 5.23. The molecule has 19 heavy (non-hydrogen) atoms. The third-order valence-electron chi connectivity index (χ3n) is 2.90.